The molecule has 0 radical (unpaired) electrons. The van der Waals surface area contributed by atoms with Gasteiger partial charge in [-0.1, -0.05) is 0 Å². The third kappa shape index (κ3) is 2.79. The lowest BCUT2D eigenvalue weighted by molar-refractivity contribution is 0.412. The zero-order valence-corrected chi connectivity index (χ0v) is 10.6. The van der Waals surface area contributed by atoms with Crippen molar-refractivity contribution in [3.8, 4) is 5.75 Å². The molecule has 0 amide bonds. The lowest BCUT2D eigenvalue weighted by Gasteiger charge is -2.18. The van der Waals surface area contributed by atoms with Crippen LogP contribution >= 0.6 is 27.5 Å². The molecule has 0 aliphatic carbocycles. The van der Waals surface area contributed by atoms with Gasteiger partial charge in [0.1, 0.15) is 5.75 Å². The third-order valence-corrected chi connectivity index (χ3v) is 2.78. The second kappa shape index (κ2) is 5.47. The van der Waals surface area contributed by atoms with Crippen molar-refractivity contribution in [2.24, 2.45) is 0 Å². The normalized spacial score (nSPS) is 10.0. The minimum atomic E-state index is 0.625. The Morgan fingerprint density at radius 3 is 2.71 bits per heavy atom. The third-order valence-electron chi connectivity index (χ3n) is 2.00. The van der Waals surface area contributed by atoms with E-state index in [1.165, 1.54) is 0 Å². The number of nitrogens with zero attached hydrogens (tertiary/aromatic N) is 1. The van der Waals surface area contributed by atoms with Gasteiger partial charge in [0.2, 0.25) is 0 Å². The molecule has 0 saturated heterocycles. The predicted octanol–water partition coefficient (Wildman–Crippen LogP) is 3.13. The Morgan fingerprint density at radius 1 is 1.50 bits per heavy atom. The zero-order valence-electron chi connectivity index (χ0n) is 8.26. The molecule has 4 heteroatoms. The van der Waals surface area contributed by atoms with Gasteiger partial charge in [-0.25, -0.2) is 0 Å². The van der Waals surface area contributed by atoms with E-state index in [9.17, 15) is 0 Å². The highest BCUT2D eigenvalue weighted by atomic mass is 79.9. The summed E-state index contributed by atoms with van der Waals surface area (Å²) in [4.78, 5) is 2.09. The van der Waals surface area contributed by atoms with Crippen molar-refractivity contribution in [2.75, 3.05) is 31.5 Å². The molecule has 1 aromatic rings. The molecule has 0 bridgehead atoms. The van der Waals surface area contributed by atoms with Crippen molar-refractivity contribution in [1.82, 2.24) is 0 Å². The van der Waals surface area contributed by atoms with Crippen LogP contribution in [0.3, 0.4) is 0 Å². The molecule has 0 N–H and O–H groups in total. The Morgan fingerprint density at radius 2 is 2.21 bits per heavy atom. The van der Waals surface area contributed by atoms with Crippen molar-refractivity contribution in [1.29, 1.82) is 0 Å². The number of benzene rings is 1. The number of anilines is 1. The zero-order chi connectivity index (χ0) is 10.6. The second-order valence-electron chi connectivity index (χ2n) is 2.93. The molecule has 2 nitrogen and oxygen atoms in total. The minimum Gasteiger partial charge on any atom is -0.496 e. The van der Waals surface area contributed by atoms with E-state index in [4.69, 9.17) is 16.3 Å². The first kappa shape index (κ1) is 11.7. The minimum absolute atomic E-state index is 0.625. The maximum Gasteiger partial charge on any atom is 0.133 e. The number of hydrogen-bond acceptors (Lipinski definition) is 2. The van der Waals surface area contributed by atoms with Gasteiger partial charge in [0, 0.05) is 25.2 Å². The number of methoxy groups -OCH3 is 1. The van der Waals surface area contributed by atoms with Gasteiger partial charge in [0.25, 0.3) is 0 Å². The summed E-state index contributed by atoms with van der Waals surface area (Å²) >= 11 is 9.11. The van der Waals surface area contributed by atoms with E-state index in [1.54, 1.807) is 7.11 Å². The van der Waals surface area contributed by atoms with Gasteiger partial charge in [-0.05, 0) is 34.1 Å². The summed E-state index contributed by atoms with van der Waals surface area (Å²) in [5, 5.41) is 0. The Kier molecular flexibility index (Phi) is 4.55. The summed E-state index contributed by atoms with van der Waals surface area (Å²) in [6.45, 7) is 0.834. The summed E-state index contributed by atoms with van der Waals surface area (Å²) in [5.41, 5.74) is 1.12. The van der Waals surface area contributed by atoms with Crippen LogP contribution in [0.15, 0.2) is 22.7 Å². The van der Waals surface area contributed by atoms with E-state index in [2.05, 4.69) is 20.8 Å². The van der Waals surface area contributed by atoms with Crippen LogP contribution in [-0.4, -0.2) is 26.6 Å². The first-order valence-corrected chi connectivity index (χ1v) is 5.62. The first-order chi connectivity index (χ1) is 6.69. The van der Waals surface area contributed by atoms with Gasteiger partial charge in [-0.15, -0.1) is 11.6 Å². The van der Waals surface area contributed by atoms with Crippen molar-refractivity contribution < 1.29 is 4.74 Å². The van der Waals surface area contributed by atoms with Gasteiger partial charge in [0.15, 0.2) is 0 Å². The Hall–Kier alpha value is -0.410. The highest BCUT2D eigenvalue weighted by Gasteiger charge is 2.04. The molecule has 1 rings (SSSR count). The lowest BCUT2D eigenvalue weighted by Crippen LogP contribution is -2.19. The van der Waals surface area contributed by atoms with Gasteiger partial charge in [-0.2, -0.15) is 0 Å². The van der Waals surface area contributed by atoms with Crippen LogP contribution in [-0.2, 0) is 0 Å². The number of halogens is 2. The van der Waals surface area contributed by atoms with Gasteiger partial charge >= 0.3 is 0 Å². The highest BCUT2D eigenvalue weighted by Crippen LogP contribution is 2.28. The second-order valence-corrected chi connectivity index (χ2v) is 4.16. The summed E-state index contributed by atoms with van der Waals surface area (Å²) in [5.74, 6) is 1.47. The van der Waals surface area contributed by atoms with Gasteiger partial charge < -0.3 is 9.64 Å². The van der Waals surface area contributed by atoms with E-state index in [0.29, 0.717) is 5.88 Å². The number of ether oxygens (including phenoxy) is 1. The smallest absolute Gasteiger partial charge is 0.133 e. The molecule has 0 aromatic heterocycles. The summed E-state index contributed by atoms with van der Waals surface area (Å²) in [7, 11) is 3.67. The fourth-order valence-corrected chi connectivity index (χ4v) is 1.93. The molecule has 14 heavy (non-hydrogen) atoms. The number of hydrogen-bond donors (Lipinski definition) is 0. The Bertz CT molecular complexity index is 306. The van der Waals surface area contributed by atoms with E-state index in [1.807, 2.05) is 25.2 Å². The molecule has 0 saturated carbocycles. The molecule has 0 aliphatic rings. The van der Waals surface area contributed by atoms with Crippen molar-refractivity contribution in [3.05, 3.63) is 22.7 Å². The van der Waals surface area contributed by atoms with E-state index >= 15 is 0 Å². The van der Waals surface area contributed by atoms with Crippen LogP contribution in [0.4, 0.5) is 5.69 Å². The molecule has 0 fully saturated rings. The maximum absolute atomic E-state index is 5.67. The molecule has 1 aromatic carbocycles. The average Bonchev–Trinajstić information content (AvgIpc) is 2.18. The fraction of sp³-hybridized carbons (Fsp3) is 0.400. The van der Waals surface area contributed by atoms with Crippen LogP contribution < -0.4 is 9.64 Å². The maximum atomic E-state index is 5.67. The lowest BCUT2D eigenvalue weighted by atomic mass is 10.3. The largest absolute Gasteiger partial charge is 0.496 e. The number of rotatable bonds is 4. The van der Waals surface area contributed by atoms with Crippen LogP contribution in [0, 0.1) is 0 Å². The van der Waals surface area contributed by atoms with Gasteiger partial charge in [0.05, 0.1) is 11.6 Å². The Balaban J connectivity index is 2.85. The molecule has 78 valence electrons. The van der Waals surface area contributed by atoms with E-state index in [0.717, 1.165) is 22.5 Å². The van der Waals surface area contributed by atoms with Crippen molar-refractivity contribution >= 4 is 33.2 Å². The van der Waals surface area contributed by atoms with Gasteiger partial charge in [-0.3, -0.25) is 0 Å². The molecule has 0 unspecified atom stereocenters. The highest BCUT2D eigenvalue weighted by molar-refractivity contribution is 9.10. The van der Waals surface area contributed by atoms with Crippen molar-refractivity contribution in [3.63, 3.8) is 0 Å². The van der Waals surface area contributed by atoms with Crippen LogP contribution in [0.5, 0.6) is 5.75 Å². The summed E-state index contributed by atoms with van der Waals surface area (Å²) in [6.07, 6.45) is 0. The van der Waals surface area contributed by atoms with Crippen LogP contribution in [0.25, 0.3) is 0 Å². The van der Waals surface area contributed by atoms with Crippen molar-refractivity contribution in [2.45, 2.75) is 0 Å². The summed E-state index contributed by atoms with van der Waals surface area (Å²) < 4.78 is 6.11. The van der Waals surface area contributed by atoms with Crippen LogP contribution in [0.2, 0.25) is 0 Å². The molecular formula is C10H13BrClNO. The standard InChI is InChI=1S/C10H13BrClNO/c1-13(6-5-12)8-3-4-10(14-2)9(11)7-8/h3-4,7H,5-6H2,1-2H3. The van der Waals surface area contributed by atoms with E-state index in [-0.39, 0.29) is 0 Å². The molecule has 0 atom stereocenters. The van der Waals surface area contributed by atoms with Crippen LogP contribution in [0.1, 0.15) is 0 Å². The predicted molar refractivity (Wildman–Crippen MR) is 64.7 cm³/mol. The Labute approximate surface area is 97.9 Å². The average molecular weight is 279 g/mol. The topological polar surface area (TPSA) is 12.5 Å². The quantitative estimate of drug-likeness (QED) is 0.785. The SMILES string of the molecule is COc1ccc(N(C)CCCl)cc1Br. The number of alkyl halides is 1. The fourth-order valence-electron chi connectivity index (χ4n) is 1.15. The molecule has 0 aliphatic heterocycles. The summed E-state index contributed by atoms with van der Waals surface area (Å²) in [6, 6.07) is 5.96. The molecule has 0 heterocycles. The monoisotopic (exact) mass is 277 g/mol. The first-order valence-electron chi connectivity index (χ1n) is 4.29. The molecule has 0 spiro atoms. The van der Waals surface area contributed by atoms with E-state index < -0.39 is 0 Å². The molecular weight excluding hydrogens is 265 g/mol.